The summed E-state index contributed by atoms with van der Waals surface area (Å²) < 4.78 is 0. The van der Waals surface area contributed by atoms with Gasteiger partial charge < -0.3 is 5.32 Å². The number of nitrogens with one attached hydrogen (secondary N) is 1. The molecule has 0 aliphatic heterocycles. The van der Waals surface area contributed by atoms with Gasteiger partial charge in [-0.05, 0) is 57.6 Å². The van der Waals surface area contributed by atoms with Gasteiger partial charge in [-0.25, -0.2) is 0 Å². The maximum absolute atomic E-state index is 3.64. The zero-order valence-electron chi connectivity index (χ0n) is 8.52. The van der Waals surface area contributed by atoms with Gasteiger partial charge >= 0.3 is 0 Å². The predicted molar refractivity (Wildman–Crippen MR) is 57.8 cm³/mol. The van der Waals surface area contributed by atoms with Gasteiger partial charge in [-0.2, -0.15) is 11.8 Å². The van der Waals surface area contributed by atoms with E-state index in [1.165, 1.54) is 31.6 Å². The smallest absolute Gasteiger partial charge is 0.0153 e. The fourth-order valence-corrected chi connectivity index (χ4v) is 2.01. The summed E-state index contributed by atoms with van der Waals surface area (Å²) in [5.41, 5.74) is 0.401. The third kappa shape index (κ3) is 3.36. The van der Waals surface area contributed by atoms with Gasteiger partial charge in [0.1, 0.15) is 0 Å². The van der Waals surface area contributed by atoms with E-state index in [4.69, 9.17) is 0 Å². The van der Waals surface area contributed by atoms with Crippen LogP contribution in [-0.4, -0.2) is 24.1 Å². The second kappa shape index (κ2) is 4.52. The lowest BCUT2D eigenvalue weighted by Crippen LogP contribution is -2.41. The molecule has 1 saturated carbocycles. The van der Waals surface area contributed by atoms with E-state index in [9.17, 15) is 0 Å². The lowest BCUT2D eigenvalue weighted by Gasteiger charge is -2.26. The summed E-state index contributed by atoms with van der Waals surface area (Å²) in [4.78, 5) is 0. The van der Waals surface area contributed by atoms with Crippen molar-refractivity contribution >= 4 is 11.8 Å². The molecule has 0 saturated heterocycles. The Kier molecular flexibility index (Phi) is 3.91. The molecule has 0 amide bonds. The largest absolute Gasteiger partial charge is 0.311 e. The van der Waals surface area contributed by atoms with E-state index in [-0.39, 0.29) is 0 Å². The molecule has 1 nitrogen and oxygen atoms in total. The van der Waals surface area contributed by atoms with Gasteiger partial charge in [-0.15, -0.1) is 0 Å². The molecule has 0 spiro atoms. The molecule has 0 unspecified atom stereocenters. The Hall–Kier alpha value is 0.310. The number of rotatable bonds is 6. The molecule has 0 aromatic heterocycles. The molecule has 12 heavy (non-hydrogen) atoms. The van der Waals surface area contributed by atoms with E-state index in [1.54, 1.807) is 0 Å². The highest BCUT2D eigenvalue weighted by molar-refractivity contribution is 7.98. The minimum absolute atomic E-state index is 0.401. The van der Waals surface area contributed by atoms with Crippen LogP contribution in [0.1, 0.15) is 33.1 Å². The molecule has 0 heterocycles. The summed E-state index contributed by atoms with van der Waals surface area (Å²) in [5, 5.41) is 3.64. The van der Waals surface area contributed by atoms with E-state index in [2.05, 4.69) is 25.4 Å². The fraction of sp³-hybridized carbons (Fsp3) is 1.00. The van der Waals surface area contributed by atoms with Crippen LogP contribution in [0.4, 0.5) is 0 Å². The maximum Gasteiger partial charge on any atom is 0.0153 e. The lowest BCUT2D eigenvalue weighted by molar-refractivity contribution is 0.343. The molecular weight excluding hydrogens is 166 g/mol. The predicted octanol–water partition coefficient (Wildman–Crippen LogP) is 2.52. The fourth-order valence-electron chi connectivity index (χ4n) is 1.58. The van der Waals surface area contributed by atoms with E-state index >= 15 is 0 Å². The van der Waals surface area contributed by atoms with Crippen LogP contribution in [0.2, 0.25) is 0 Å². The highest BCUT2D eigenvalue weighted by atomic mass is 32.2. The molecular formula is C10H21NS. The highest BCUT2D eigenvalue weighted by Gasteiger charge is 2.36. The van der Waals surface area contributed by atoms with Crippen molar-refractivity contribution in [2.75, 3.05) is 18.6 Å². The van der Waals surface area contributed by atoms with Crippen LogP contribution in [0.5, 0.6) is 0 Å². The van der Waals surface area contributed by atoms with Crippen molar-refractivity contribution in [1.82, 2.24) is 5.32 Å². The topological polar surface area (TPSA) is 12.0 Å². The van der Waals surface area contributed by atoms with Crippen molar-refractivity contribution in [1.29, 1.82) is 0 Å². The molecule has 1 aliphatic rings. The molecule has 1 fully saturated rings. The van der Waals surface area contributed by atoms with E-state index in [0.717, 1.165) is 5.92 Å². The van der Waals surface area contributed by atoms with Crippen LogP contribution >= 0.6 is 11.8 Å². The Labute approximate surface area is 80.7 Å². The van der Waals surface area contributed by atoms with Gasteiger partial charge in [0, 0.05) is 5.54 Å². The van der Waals surface area contributed by atoms with Crippen molar-refractivity contribution in [2.45, 2.75) is 38.6 Å². The summed E-state index contributed by atoms with van der Waals surface area (Å²) >= 11 is 1.94. The van der Waals surface area contributed by atoms with Crippen LogP contribution in [0, 0.1) is 5.92 Å². The van der Waals surface area contributed by atoms with E-state index in [0.29, 0.717) is 5.54 Å². The van der Waals surface area contributed by atoms with E-state index < -0.39 is 0 Å². The van der Waals surface area contributed by atoms with Gasteiger partial charge in [-0.3, -0.25) is 0 Å². The van der Waals surface area contributed by atoms with Crippen LogP contribution in [-0.2, 0) is 0 Å². The average molecular weight is 187 g/mol. The average Bonchev–Trinajstić information content (AvgIpc) is 2.80. The summed E-state index contributed by atoms with van der Waals surface area (Å²) in [6.45, 7) is 5.86. The van der Waals surface area contributed by atoms with Gasteiger partial charge in [0.05, 0.1) is 0 Å². The molecule has 0 atom stereocenters. The van der Waals surface area contributed by atoms with Crippen LogP contribution < -0.4 is 5.32 Å². The number of hydrogen-bond acceptors (Lipinski definition) is 2. The van der Waals surface area contributed by atoms with Gasteiger partial charge in [0.15, 0.2) is 0 Å². The summed E-state index contributed by atoms with van der Waals surface area (Å²) in [6.07, 6.45) is 6.34. The highest BCUT2D eigenvalue weighted by Crippen LogP contribution is 2.39. The molecule has 0 radical (unpaired) electrons. The Bertz CT molecular complexity index is 130. The lowest BCUT2D eigenvalue weighted by atomic mass is 9.99. The third-order valence-corrected chi connectivity index (χ3v) is 3.40. The number of thioether (sulfide) groups is 1. The molecule has 0 bridgehead atoms. The van der Waals surface area contributed by atoms with Gasteiger partial charge in [-0.1, -0.05) is 0 Å². The second-order valence-corrected chi connectivity index (χ2v) is 5.25. The maximum atomic E-state index is 3.64. The Morgan fingerprint density at radius 2 is 2.08 bits per heavy atom. The van der Waals surface area contributed by atoms with Crippen LogP contribution in [0.15, 0.2) is 0 Å². The standard InChI is InChI=1S/C10H21NS/c1-10(2,9-5-6-9)11-7-4-8-12-3/h9,11H,4-8H2,1-3H3. The van der Waals surface area contributed by atoms with Crippen molar-refractivity contribution < 1.29 is 0 Å². The molecule has 1 aliphatic carbocycles. The minimum atomic E-state index is 0.401. The normalized spacial score (nSPS) is 18.2. The molecule has 0 aromatic rings. The SMILES string of the molecule is CSCCCNC(C)(C)C1CC1. The molecule has 2 heteroatoms. The van der Waals surface area contributed by atoms with Crippen LogP contribution in [0.25, 0.3) is 0 Å². The van der Waals surface area contributed by atoms with Gasteiger partial charge in [0.25, 0.3) is 0 Å². The Morgan fingerprint density at radius 1 is 1.42 bits per heavy atom. The van der Waals surface area contributed by atoms with Crippen LogP contribution in [0.3, 0.4) is 0 Å². The van der Waals surface area contributed by atoms with Gasteiger partial charge in [0.2, 0.25) is 0 Å². The van der Waals surface area contributed by atoms with Crippen molar-refractivity contribution in [3.8, 4) is 0 Å². The Morgan fingerprint density at radius 3 is 2.58 bits per heavy atom. The second-order valence-electron chi connectivity index (χ2n) is 4.27. The first-order valence-electron chi connectivity index (χ1n) is 4.91. The quantitative estimate of drug-likeness (QED) is 0.641. The summed E-state index contributed by atoms with van der Waals surface area (Å²) in [6, 6.07) is 0. The van der Waals surface area contributed by atoms with Crippen molar-refractivity contribution in [3.63, 3.8) is 0 Å². The van der Waals surface area contributed by atoms with Crippen molar-refractivity contribution in [2.24, 2.45) is 5.92 Å². The first-order chi connectivity index (χ1) is 5.67. The summed E-state index contributed by atoms with van der Waals surface area (Å²) in [7, 11) is 0. The first-order valence-corrected chi connectivity index (χ1v) is 6.30. The van der Waals surface area contributed by atoms with E-state index in [1.807, 2.05) is 11.8 Å². The van der Waals surface area contributed by atoms with Crippen molar-refractivity contribution in [3.05, 3.63) is 0 Å². The zero-order chi connectivity index (χ0) is 9.03. The Balaban J connectivity index is 2.04. The molecule has 1 rings (SSSR count). The monoisotopic (exact) mass is 187 g/mol. The number of hydrogen-bond donors (Lipinski definition) is 1. The minimum Gasteiger partial charge on any atom is -0.311 e. The molecule has 0 aromatic carbocycles. The third-order valence-electron chi connectivity index (χ3n) is 2.70. The molecule has 1 N–H and O–H groups in total. The first kappa shape index (κ1) is 10.4. The molecule has 72 valence electrons. The zero-order valence-corrected chi connectivity index (χ0v) is 9.34. The summed E-state index contributed by atoms with van der Waals surface area (Å²) in [5.74, 6) is 2.24.